The number of aryl methyl sites for hydroxylation is 1. The molecule has 4 aliphatic rings. The first-order valence-electron chi connectivity index (χ1n) is 19.5. The zero-order valence-corrected chi connectivity index (χ0v) is 32.8. The Morgan fingerprint density at radius 1 is 0.961 bits per heavy atom. The summed E-state index contributed by atoms with van der Waals surface area (Å²) in [6.07, 6.45) is 42.8. The van der Waals surface area contributed by atoms with E-state index < -0.39 is 0 Å². The molecule has 0 bridgehead atoms. The van der Waals surface area contributed by atoms with Crippen LogP contribution in [0, 0.1) is 18.8 Å². The molecule has 0 radical (unpaired) electrons. The van der Waals surface area contributed by atoms with E-state index in [1.54, 1.807) is 5.57 Å². The van der Waals surface area contributed by atoms with E-state index in [1.165, 1.54) is 70.7 Å². The van der Waals surface area contributed by atoms with Gasteiger partial charge in [0.25, 0.3) is 0 Å². The van der Waals surface area contributed by atoms with Crippen LogP contribution in [0.3, 0.4) is 0 Å². The van der Waals surface area contributed by atoms with E-state index in [-0.39, 0.29) is 0 Å². The molecule has 6 rings (SSSR count). The van der Waals surface area contributed by atoms with E-state index >= 15 is 0 Å². The second-order valence-electron chi connectivity index (χ2n) is 15.1. The van der Waals surface area contributed by atoms with Gasteiger partial charge in [0.1, 0.15) is 0 Å². The third-order valence-corrected chi connectivity index (χ3v) is 12.4. The zero-order chi connectivity index (χ0) is 35.9. The highest BCUT2D eigenvalue weighted by atomic mass is 32.1. The number of hydrogen-bond acceptors (Lipinski definition) is 1. The number of allylic oxidation sites excluding steroid dienone is 22. The van der Waals surface area contributed by atoms with Crippen LogP contribution in [-0.2, 0) is 0 Å². The first-order chi connectivity index (χ1) is 24.8. The van der Waals surface area contributed by atoms with Crippen molar-refractivity contribution in [1.29, 1.82) is 0 Å². The predicted molar refractivity (Wildman–Crippen MR) is 227 cm³/mol. The third kappa shape index (κ3) is 8.42. The van der Waals surface area contributed by atoms with Crippen LogP contribution < -0.4 is 0 Å². The molecular weight excluding hydrogens is 633 g/mol. The maximum Gasteiger partial charge on any atom is 0.0354 e. The number of hydrogen-bond donors (Lipinski definition) is 0. The van der Waals surface area contributed by atoms with Gasteiger partial charge < -0.3 is 0 Å². The monoisotopic (exact) mass is 690 g/mol. The first kappa shape index (κ1) is 36.8. The Morgan fingerprint density at radius 3 is 2.57 bits per heavy atom. The van der Waals surface area contributed by atoms with Crippen LogP contribution in [0.15, 0.2) is 154 Å². The summed E-state index contributed by atoms with van der Waals surface area (Å²) in [5.74, 6) is 1.26. The van der Waals surface area contributed by atoms with Gasteiger partial charge in [-0.25, -0.2) is 0 Å². The Hall–Kier alpha value is -3.94. The lowest BCUT2D eigenvalue weighted by molar-refractivity contribution is 0.735. The molecule has 0 spiro atoms. The van der Waals surface area contributed by atoms with Gasteiger partial charge in [-0.05, 0) is 152 Å². The molecule has 0 aliphatic heterocycles. The van der Waals surface area contributed by atoms with Crippen LogP contribution in [0.5, 0.6) is 0 Å². The van der Waals surface area contributed by atoms with Crippen LogP contribution in [0.1, 0.15) is 114 Å². The summed E-state index contributed by atoms with van der Waals surface area (Å²) in [5.41, 5.74) is 16.0. The summed E-state index contributed by atoms with van der Waals surface area (Å²) in [7, 11) is 0. The summed E-state index contributed by atoms with van der Waals surface area (Å²) in [6, 6.07) is 7.20. The van der Waals surface area contributed by atoms with Crippen molar-refractivity contribution in [2.45, 2.75) is 105 Å². The number of benzene rings is 1. The summed E-state index contributed by atoms with van der Waals surface area (Å²) in [5, 5.41) is 1.36. The van der Waals surface area contributed by atoms with E-state index in [9.17, 15) is 0 Å². The highest BCUT2D eigenvalue weighted by Gasteiger charge is 2.22. The smallest absolute Gasteiger partial charge is 0.0354 e. The number of thiophene rings is 1. The molecule has 4 aliphatic carbocycles. The van der Waals surface area contributed by atoms with Crippen molar-refractivity contribution in [2.24, 2.45) is 11.8 Å². The Morgan fingerprint density at radius 2 is 1.76 bits per heavy atom. The molecule has 264 valence electrons. The Bertz CT molecular complexity index is 1990. The summed E-state index contributed by atoms with van der Waals surface area (Å²) in [4.78, 5) is 1.37. The minimum atomic E-state index is 0.318. The largest absolute Gasteiger partial charge is 0.140 e. The maximum atomic E-state index is 4.63. The number of fused-ring (bicyclic) bond motifs is 3. The molecule has 0 amide bonds. The Kier molecular flexibility index (Phi) is 12.3. The van der Waals surface area contributed by atoms with Gasteiger partial charge in [-0.15, -0.1) is 11.3 Å². The van der Waals surface area contributed by atoms with Gasteiger partial charge >= 0.3 is 0 Å². The van der Waals surface area contributed by atoms with E-state index in [0.717, 1.165) is 57.8 Å². The Balaban J connectivity index is 1.22. The highest BCUT2D eigenvalue weighted by molar-refractivity contribution is 7.19. The van der Waals surface area contributed by atoms with Gasteiger partial charge in [-0.2, -0.15) is 0 Å². The molecule has 0 nitrogen and oxygen atoms in total. The zero-order valence-electron chi connectivity index (χ0n) is 32.0. The average Bonchev–Trinajstić information content (AvgIpc) is 3.43. The van der Waals surface area contributed by atoms with Gasteiger partial charge in [0.15, 0.2) is 0 Å². The van der Waals surface area contributed by atoms with Gasteiger partial charge in [0.2, 0.25) is 0 Å². The topological polar surface area (TPSA) is 0 Å². The molecular formula is C50H58S. The fourth-order valence-corrected chi connectivity index (χ4v) is 9.63. The quantitative estimate of drug-likeness (QED) is 0.230. The summed E-state index contributed by atoms with van der Waals surface area (Å²) >= 11 is 1.93. The lowest BCUT2D eigenvalue weighted by atomic mass is 9.78. The van der Waals surface area contributed by atoms with Gasteiger partial charge in [0, 0.05) is 21.4 Å². The van der Waals surface area contributed by atoms with Gasteiger partial charge in [-0.1, -0.05) is 130 Å². The van der Waals surface area contributed by atoms with Crippen molar-refractivity contribution < 1.29 is 0 Å². The average molecular weight is 691 g/mol. The normalized spacial score (nSPS) is 22.1. The third-order valence-electron chi connectivity index (χ3n) is 11.3. The number of rotatable bonds is 9. The fourth-order valence-electron chi connectivity index (χ4n) is 8.53. The SMILES string of the molecule is C=C(/C=C\c1c(C)sc2cc(C(/C=C\C3=C(C)C(C(C)C)=C(/C=C\C)CC3)CC)ccc12)C1C=C2C(=CC1)CC/C=C\C=C/CC1=C2C=CCC1. The van der Waals surface area contributed by atoms with Crippen molar-refractivity contribution in [3.63, 3.8) is 0 Å². The lowest BCUT2D eigenvalue weighted by Gasteiger charge is -2.26. The molecule has 1 aromatic heterocycles. The lowest BCUT2D eigenvalue weighted by Crippen LogP contribution is -2.09. The van der Waals surface area contributed by atoms with Crippen LogP contribution in [0.2, 0.25) is 0 Å². The molecule has 1 heterocycles. The van der Waals surface area contributed by atoms with E-state index in [0.29, 0.717) is 17.8 Å². The molecule has 0 fully saturated rings. The van der Waals surface area contributed by atoms with Crippen LogP contribution in [-0.4, -0.2) is 0 Å². The second-order valence-corrected chi connectivity index (χ2v) is 16.3. The molecule has 0 saturated carbocycles. The van der Waals surface area contributed by atoms with E-state index in [1.807, 2.05) is 11.3 Å². The van der Waals surface area contributed by atoms with Crippen molar-refractivity contribution in [3.8, 4) is 0 Å². The van der Waals surface area contributed by atoms with Gasteiger partial charge in [0.05, 0.1) is 0 Å². The minimum absolute atomic E-state index is 0.318. The molecule has 51 heavy (non-hydrogen) atoms. The highest BCUT2D eigenvalue weighted by Crippen LogP contribution is 2.41. The molecule has 0 N–H and O–H groups in total. The van der Waals surface area contributed by atoms with E-state index in [2.05, 4.69) is 151 Å². The molecule has 1 heteroatoms. The van der Waals surface area contributed by atoms with Crippen LogP contribution in [0.25, 0.3) is 16.2 Å². The standard InChI is InChI=1S/C50H58S/c1-8-17-42-27-25-39(36(6)50(42)34(3)4)24-23-38(9-2)44-29-31-47-45(37(7)51-49(47)33-44)30-22-35(5)43-28-26-41-19-14-12-10-11-13-18-40-20-15-16-21-46(40)48(41)32-43/h8,10-13,16-17,21-24,26,29-34,38,43H,5,9,14-15,18-20,25,27-28H2,1-4,6-7H3/b12-10-,13-11-,17-8-,24-23-,30-22-. The summed E-state index contributed by atoms with van der Waals surface area (Å²) in [6.45, 7) is 18.4. The van der Waals surface area contributed by atoms with Crippen LogP contribution >= 0.6 is 11.3 Å². The minimum Gasteiger partial charge on any atom is -0.140 e. The molecule has 2 atom stereocenters. The Labute approximate surface area is 313 Å². The predicted octanol–water partition coefficient (Wildman–Crippen LogP) is 15.3. The molecule has 2 aromatic rings. The molecule has 0 saturated heterocycles. The first-order valence-corrected chi connectivity index (χ1v) is 20.4. The fraction of sp³-hybridized carbons (Fsp3) is 0.360. The molecule has 2 unspecified atom stereocenters. The van der Waals surface area contributed by atoms with Crippen molar-refractivity contribution in [2.75, 3.05) is 0 Å². The molecule has 1 aromatic carbocycles. The van der Waals surface area contributed by atoms with E-state index in [4.69, 9.17) is 0 Å². The van der Waals surface area contributed by atoms with Crippen molar-refractivity contribution in [3.05, 3.63) is 170 Å². The summed E-state index contributed by atoms with van der Waals surface area (Å²) < 4.78 is 1.38. The maximum absolute atomic E-state index is 4.63. The van der Waals surface area contributed by atoms with Crippen molar-refractivity contribution in [1.82, 2.24) is 0 Å². The van der Waals surface area contributed by atoms with Crippen LogP contribution in [0.4, 0.5) is 0 Å². The second kappa shape index (κ2) is 17.1. The van der Waals surface area contributed by atoms with Crippen molar-refractivity contribution >= 4 is 27.5 Å². The van der Waals surface area contributed by atoms with Gasteiger partial charge in [-0.3, -0.25) is 0 Å².